The largest absolute Gasteiger partial charge is 0.274 e. The molecule has 46 heavy (non-hydrogen) atoms. The zero-order valence-corrected chi connectivity index (χ0v) is 27.7. The Balaban J connectivity index is 1.60. The average molecular weight is 647 g/mol. The van der Waals surface area contributed by atoms with Crippen LogP contribution in [-0.4, -0.2) is 46.5 Å². The fourth-order valence-electron chi connectivity index (χ4n) is 6.12. The van der Waals surface area contributed by atoms with Crippen molar-refractivity contribution in [3.8, 4) is 23.7 Å². The number of thiophene rings is 2. The topological polar surface area (TPSA) is 74.8 Å². The van der Waals surface area contributed by atoms with Crippen LogP contribution in [0.3, 0.4) is 0 Å². The molecular weight excluding hydrogens is 613 g/mol. The number of hydrogen-bond donors (Lipinski definition) is 0. The highest BCUT2D eigenvalue weighted by atomic mass is 32.1. The van der Waals surface area contributed by atoms with E-state index in [4.69, 9.17) is 0 Å². The number of carbonyl (C=O) groups is 4. The van der Waals surface area contributed by atoms with Crippen molar-refractivity contribution >= 4 is 57.1 Å². The summed E-state index contributed by atoms with van der Waals surface area (Å²) in [6.45, 7) is 4.78. The lowest BCUT2D eigenvalue weighted by Crippen LogP contribution is -2.44. The predicted molar refractivity (Wildman–Crippen MR) is 184 cm³/mol. The molecule has 8 heteroatoms. The van der Waals surface area contributed by atoms with Gasteiger partial charge in [-0.15, -0.1) is 22.7 Å². The van der Waals surface area contributed by atoms with Gasteiger partial charge in [-0.2, -0.15) is 0 Å². The van der Waals surface area contributed by atoms with Gasteiger partial charge in [-0.25, -0.2) is 0 Å². The molecule has 0 saturated heterocycles. The molecular formula is C38H34N2O4S2. The molecule has 6 nitrogen and oxygen atoms in total. The summed E-state index contributed by atoms with van der Waals surface area (Å²) >= 11 is 2.96. The SMILES string of the molecule is CCCCCCN1C(=O)c2cc(C#Cc3cccs3)c3c4c(cc(C#Cc5cccs5)c(c24)C1=O)C(=O)N(CCCCCC)C3=O. The maximum absolute atomic E-state index is 14.2. The number of imide groups is 2. The molecule has 0 N–H and O–H groups in total. The van der Waals surface area contributed by atoms with E-state index in [1.807, 2.05) is 35.0 Å². The van der Waals surface area contributed by atoms with Crippen molar-refractivity contribution in [2.75, 3.05) is 13.1 Å². The third kappa shape index (κ3) is 5.91. The van der Waals surface area contributed by atoms with Crippen LogP contribution in [0.25, 0.3) is 10.8 Å². The summed E-state index contributed by atoms with van der Waals surface area (Å²) in [6, 6.07) is 10.9. The van der Waals surface area contributed by atoms with Crippen LogP contribution in [0.2, 0.25) is 0 Å². The van der Waals surface area contributed by atoms with Gasteiger partial charge >= 0.3 is 0 Å². The summed E-state index contributed by atoms with van der Waals surface area (Å²) in [5, 5.41) is 4.51. The first kappa shape index (κ1) is 31.5. The molecule has 0 spiro atoms. The molecule has 0 aliphatic carbocycles. The summed E-state index contributed by atoms with van der Waals surface area (Å²) in [6.07, 6.45) is 7.24. The molecule has 4 aromatic rings. The van der Waals surface area contributed by atoms with Crippen molar-refractivity contribution in [2.24, 2.45) is 0 Å². The van der Waals surface area contributed by atoms with Crippen molar-refractivity contribution in [1.82, 2.24) is 9.80 Å². The van der Waals surface area contributed by atoms with Gasteiger partial charge in [-0.1, -0.05) is 88.2 Å². The highest BCUT2D eigenvalue weighted by molar-refractivity contribution is 7.10. The third-order valence-electron chi connectivity index (χ3n) is 8.43. The lowest BCUT2D eigenvalue weighted by atomic mass is 9.81. The lowest BCUT2D eigenvalue weighted by molar-refractivity contribution is 0.0585. The van der Waals surface area contributed by atoms with Crippen molar-refractivity contribution in [2.45, 2.75) is 65.2 Å². The van der Waals surface area contributed by atoms with Gasteiger partial charge in [-0.05, 0) is 47.9 Å². The number of benzene rings is 2. The second kappa shape index (κ2) is 13.9. The van der Waals surface area contributed by atoms with Crippen LogP contribution in [0.4, 0.5) is 0 Å². The Kier molecular flexibility index (Phi) is 9.49. The molecule has 0 fully saturated rings. The molecule has 4 heterocycles. The van der Waals surface area contributed by atoms with Gasteiger partial charge in [0.2, 0.25) is 0 Å². The molecule has 0 bridgehead atoms. The van der Waals surface area contributed by atoms with Gasteiger partial charge in [0.05, 0.1) is 20.9 Å². The molecule has 2 aromatic carbocycles. The Labute approximate surface area is 277 Å². The average Bonchev–Trinajstić information content (AvgIpc) is 3.78. The van der Waals surface area contributed by atoms with Crippen molar-refractivity contribution < 1.29 is 19.2 Å². The molecule has 232 valence electrons. The van der Waals surface area contributed by atoms with E-state index in [-0.39, 0.29) is 35.3 Å². The first-order valence-corrected chi connectivity index (χ1v) is 17.7. The molecule has 6 rings (SSSR count). The van der Waals surface area contributed by atoms with Crippen LogP contribution < -0.4 is 0 Å². The Morgan fingerprint density at radius 2 is 1.00 bits per heavy atom. The van der Waals surface area contributed by atoms with Gasteiger partial charge in [0.25, 0.3) is 23.6 Å². The van der Waals surface area contributed by atoms with Crippen LogP contribution >= 0.6 is 22.7 Å². The maximum Gasteiger partial charge on any atom is 0.262 e. The zero-order valence-electron chi connectivity index (χ0n) is 26.0. The van der Waals surface area contributed by atoms with Crippen LogP contribution in [-0.2, 0) is 0 Å². The molecule has 2 aliphatic rings. The van der Waals surface area contributed by atoms with Gasteiger partial charge in [0.15, 0.2) is 0 Å². The van der Waals surface area contributed by atoms with Gasteiger partial charge in [0, 0.05) is 46.1 Å². The molecule has 2 aromatic heterocycles. The first-order chi connectivity index (χ1) is 22.4. The Bertz CT molecular complexity index is 1820. The van der Waals surface area contributed by atoms with Crippen molar-refractivity contribution in [1.29, 1.82) is 0 Å². The third-order valence-corrected chi connectivity index (χ3v) is 10.00. The van der Waals surface area contributed by atoms with Crippen LogP contribution in [0.5, 0.6) is 0 Å². The monoisotopic (exact) mass is 646 g/mol. The van der Waals surface area contributed by atoms with E-state index in [2.05, 4.69) is 37.5 Å². The van der Waals surface area contributed by atoms with E-state index in [9.17, 15) is 19.2 Å². The smallest absolute Gasteiger partial charge is 0.262 e. The fourth-order valence-corrected chi connectivity index (χ4v) is 7.26. The number of unbranched alkanes of at least 4 members (excludes halogenated alkanes) is 6. The van der Waals surface area contributed by atoms with Gasteiger partial charge in [-0.3, -0.25) is 29.0 Å². The van der Waals surface area contributed by atoms with E-state index in [1.54, 1.807) is 12.1 Å². The van der Waals surface area contributed by atoms with Crippen molar-refractivity contribution in [3.05, 3.63) is 90.3 Å². The summed E-state index contributed by atoms with van der Waals surface area (Å²) in [4.78, 5) is 60.9. The Morgan fingerprint density at radius 1 is 0.565 bits per heavy atom. The minimum absolute atomic E-state index is 0.268. The van der Waals surface area contributed by atoms with Crippen LogP contribution in [0, 0.1) is 23.7 Å². The number of carbonyl (C=O) groups excluding carboxylic acids is 4. The van der Waals surface area contributed by atoms with Crippen LogP contribution in [0.15, 0.2) is 47.2 Å². The van der Waals surface area contributed by atoms with Gasteiger partial charge < -0.3 is 0 Å². The minimum Gasteiger partial charge on any atom is -0.274 e. The van der Waals surface area contributed by atoms with E-state index in [1.165, 1.54) is 32.5 Å². The molecule has 0 atom stereocenters. The van der Waals surface area contributed by atoms with E-state index < -0.39 is 23.6 Å². The second-order valence-electron chi connectivity index (χ2n) is 11.5. The number of hydrogen-bond acceptors (Lipinski definition) is 6. The lowest BCUT2D eigenvalue weighted by Gasteiger charge is -2.33. The Hall–Kier alpha value is -4.50. The fraction of sp³-hybridized carbons (Fsp3) is 0.316. The second-order valence-corrected chi connectivity index (χ2v) is 13.4. The Morgan fingerprint density at radius 3 is 1.37 bits per heavy atom. The number of amides is 4. The first-order valence-electron chi connectivity index (χ1n) is 16.0. The van der Waals surface area contributed by atoms with Crippen LogP contribution in [0.1, 0.15) is 128 Å². The molecule has 2 aliphatic heterocycles. The molecule has 4 amide bonds. The summed E-state index contributed by atoms with van der Waals surface area (Å²) in [5.74, 6) is 10.9. The number of nitrogens with zero attached hydrogens (tertiary/aromatic N) is 2. The minimum atomic E-state index is -0.443. The standard InChI is InChI=1S/C38H34N2O4S2/c1-3-5-7-9-19-39-35(41)29-23-26(16-18-28-14-12-22-46-28)32-34-30(36(42)40(38(32)44)20-10-8-6-4-2)24-25(31(33(29)34)37(39)43)15-17-27-13-11-21-45-27/h11-14,21-24H,3-10,19-20H2,1-2H3. The maximum atomic E-state index is 14.2. The normalized spacial score (nSPS) is 13.6. The van der Waals surface area contributed by atoms with E-state index in [0.717, 1.165) is 48.3 Å². The molecule has 0 saturated carbocycles. The molecule has 0 radical (unpaired) electrons. The van der Waals surface area contributed by atoms with Crippen molar-refractivity contribution in [3.63, 3.8) is 0 Å². The predicted octanol–water partition coefficient (Wildman–Crippen LogP) is 8.12. The highest BCUT2D eigenvalue weighted by Gasteiger charge is 2.42. The van der Waals surface area contributed by atoms with E-state index in [0.29, 0.717) is 34.7 Å². The zero-order chi connectivity index (χ0) is 32.2. The van der Waals surface area contributed by atoms with E-state index >= 15 is 0 Å². The number of rotatable bonds is 10. The highest BCUT2D eigenvalue weighted by Crippen LogP contribution is 2.41. The quantitative estimate of drug-likeness (QED) is 0.0991. The molecule has 0 unspecified atom stereocenters. The summed E-state index contributed by atoms with van der Waals surface area (Å²) in [5.41, 5.74) is 1.85. The summed E-state index contributed by atoms with van der Waals surface area (Å²) in [7, 11) is 0. The van der Waals surface area contributed by atoms with Gasteiger partial charge in [0.1, 0.15) is 0 Å². The summed E-state index contributed by atoms with van der Waals surface area (Å²) < 4.78 is 0.